The maximum Gasteiger partial charge on any atom is 0.224 e. The van der Waals surface area contributed by atoms with Gasteiger partial charge in [-0.2, -0.15) is 0 Å². The third-order valence-electron chi connectivity index (χ3n) is 2.83. The number of nitrogens with zero attached hydrogens (tertiary/aromatic N) is 1. The van der Waals surface area contributed by atoms with Crippen LogP contribution in [0.3, 0.4) is 0 Å². The number of hydrogen-bond acceptors (Lipinski definition) is 4. The summed E-state index contributed by atoms with van der Waals surface area (Å²) in [5, 5.41) is 3.28. The number of carbonyl (C=O) groups is 1. The summed E-state index contributed by atoms with van der Waals surface area (Å²) in [6.45, 7) is 5.38. The summed E-state index contributed by atoms with van der Waals surface area (Å²) < 4.78 is 10.2. The molecule has 1 amide bonds. The molecule has 0 aromatic rings. The van der Waals surface area contributed by atoms with Crippen LogP contribution in [0.5, 0.6) is 0 Å². The van der Waals surface area contributed by atoms with Gasteiger partial charge in [0.1, 0.15) is 0 Å². The predicted octanol–water partition coefficient (Wildman–Crippen LogP) is 0.252. The lowest BCUT2D eigenvalue weighted by atomic mass is 10.3. The Morgan fingerprint density at radius 2 is 2.06 bits per heavy atom. The highest BCUT2D eigenvalue weighted by atomic mass is 16.5. The molecule has 1 aliphatic heterocycles. The summed E-state index contributed by atoms with van der Waals surface area (Å²) in [6.07, 6.45) is 2.75. The molecule has 0 saturated carbocycles. The average Bonchev–Trinajstić information content (AvgIpc) is 2.38. The van der Waals surface area contributed by atoms with Crippen LogP contribution in [-0.4, -0.2) is 63.9 Å². The largest absolute Gasteiger partial charge is 0.385 e. The summed E-state index contributed by atoms with van der Waals surface area (Å²) in [6, 6.07) is 0. The maximum absolute atomic E-state index is 11.7. The molecule has 5 nitrogen and oxygen atoms in total. The second kappa shape index (κ2) is 9.39. The molecule has 17 heavy (non-hydrogen) atoms. The van der Waals surface area contributed by atoms with Gasteiger partial charge in [0, 0.05) is 39.8 Å². The fourth-order valence-corrected chi connectivity index (χ4v) is 1.79. The highest BCUT2D eigenvalue weighted by Crippen LogP contribution is 1.99. The van der Waals surface area contributed by atoms with E-state index >= 15 is 0 Å². The van der Waals surface area contributed by atoms with Gasteiger partial charge < -0.3 is 19.7 Å². The van der Waals surface area contributed by atoms with Crippen LogP contribution in [0, 0.1) is 0 Å². The number of methoxy groups -OCH3 is 1. The van der Waals surface area contributed by atoms with Gasteiger partial charge in [0.15, 0.2) is 0 Å². The van der Waals surface area contributed by atoms with E-state index in [1.54, 1.807) is 7.11 Å². The predicted molar refractivity (Wildman–Crippen MR) is 66.0 cm³/mol. The third-order valence-corrected chi connectivity index (χ3v) is 2.83. The molecule has 0 spiro atoms. The lowest BCUT2D eigenvalue weighted by molar-refractivity contribution is -0.135. The summed E-state index contributed by atoms with van der Waals surface area (Å²) >= 11 is 0. The third kappa shape index (κ3) is 6.61. The van der Waals surface area contributed by atoms with Crippen LogP contribution >= 0.6 is 0 Å². The summed E-state index contributed by atoms with van der Waals surface area (Å²) in [5.74, 6) is 0.234. The molecule has 0 aromatic heterocycles. The van der Waals surface area contributed by atoms with Gasteiger partial charge in [-0.1, -0.05) is 0 Å². The fourth-order valence-electron chi connectivity index (χ4n) is 1.79. The highest BCUT2D eigenvalue weighted by molar-refractivity contribution is 5.76. The Labute approximate surface area is 103 Å². The van der Waals surface area contributed by atoms with Crippen molar-refractivity contribution in [1.82, 2.24) is 10.2 Å². The molecule has 1 fully saturated rings. The zero-order chi connectivity index (χ0) is 12.3. The van der Waals surface area contributed by atoms with Gasteiger partial charge in [0.2, 0.25) is 5.91 Å². The Bertz CT molecular complexity index is 206. The van der Waals surface area contributed by atoms with Crippen LogP contribution in [0.25, 0.3) is 0 Å². The minimum Gasteiger partial charge on any atom is -0.385 e. The average molecular weight is 244 g/mol. The highest BCUT2D eigenvalue weighted by Gasteiger charge is 2.15. The van der Waals surface area contributed by atoms with Crippen molar-refractivity contribution in [1.29, 1.82) is 0 Å². The fraction of sp³-hybridized carbons (Fsp3) is 0.917. The number of hydrogen-bond donors (Lipinski definition) is 1. The van der Waals surface area contributed by atoms with Crippen LogP contribution in [-0.2, 0) is 14.3 Å². The van der Waals surface area contributed by atoms with Crippen LogP contribution in [0.2, 0.25) is 0 Å². The van der Waals surface area contributed by atoms with Crippen molar-refractivity contribution in [2.75, 3.05) is 53.1 Å². The van der Waals surface area contributed by atoms with E-state index in [2.05, 4.69) is 5.32 Å². The van der Waals surface area contributed by atoms with Crippen molar-refractivity contribution in [3.63, 3.8) is 0 Å². The smallest absolute Gasteiger partial charge is 0.224 e. The van der Waals surface area contributed by atoms with Gasteiger partial charge in [-0.05, 0) is 19.4 Å². The molecule has 0 aliphatic carbocycles. The first-order valence-electron chi connectivity index (χ1n) is 6.40. The molecule has 1 rings (SSSR count). The number of carbonyl (C=O) groups excluding carboxylic acids is 1. The molecule has 1 saturated heterocycles. The van der Waals surface area contributed by atoms with E-state index in [0.717, 1.165) is 45.6 Å². The molecule has 0 bridgehead atoms. The normalized spacial score (nSPS) is 16.2. The Hall–Kier alpha value is -0.650. The standard InChI is InChI=1S/C12H24N2O3/c1-16-9-3-2-5-13-6-4-12(15)14-7-10-17-11-8-14/h13H,2-11H2,1H3. The van der Waals surface area contributed by atoms with Gasteiger partial charge in [0.05, 0.1) is 13.2 Å². The van der Waals surface area contributed by atoms with Crippen molar-refractivity contribution >= 4 is 5.91 Å². The van der Waals surface area contributed by atoms with Gasteiger partial charge in [0.25, 0.3) is 0 Å². The maximum atomic E-state index is 11.7. The molecule has 5 heteroatoms. The number of morpholine rings is 1. The van der Waals surface area contributed by atoms with E-state index in [0.29, 0.717) is 19.6 Å². The molecule has 0 unspecified atom stereocenters. The van der Waals surface area contributed by atoms with E-state index in [9.17, 15) is 4.79 Å². The quantitative estimate of drug-likeness (QED) is 0.622. The second-order valence-electron chi connectivity index (χ2n) is 4.19. The Balaban J connectivity index is 1.92. The first kappa shape index (κ1) is 14.4. The van der Waals surface area contributed by atoms with Crippen molar-refractivity contribution in [3.8, 4) is 0 Å². The molecule has 100 valence electrons. The lowest BCUT2D eigenvalue weighted by Gasteiger charge is -2.26. The van der Waals surface area contributed by atoms with E-state index < -0.39 is 0 Å². The van der Waals surface area contributed by atoms with Crippen molar-refractivity contribution < 1.29 is 14.3 Å². The number of unbranched alkanes of at least 4 members (excludes halogenated alkanes) is 1. The van der Waals surface area contributed by atoms with Crippen LogP contribution < -0.4 is 5.32 Å². The lowest BCUT2D eigenvalue weighted by Crippen LogP contribution is -2.41. The summed E-state index contributed by atoms with van der Waals surface area (Å²) in [5.41, 5.74) is 0. The van der Waals surface area contributed by atoms with Crippen LogP contribution in [0.4, 0.5) is 0 Å². The van der Waals surface area contributed by atoms with Crippen molar-refractivity contribution in [3.05, 3.63) is 0 Å². The summed E-state index contributed by atoms with van der Waals surface area (Å²) in [4.78, 5) is 13.6. The van der Waals surface area contributed by atoms with Gasteiger partial charge in [-0.15, -0.1) is 0 Å². The van der Waals surface area contributed by atoms with Crippen LogP contribution in [0.1, 0.15) is 19.3 Å². The zero-order valence-electron chi connectivity index (χ0n) is 10.7. The number of rotatable bonds is 8. The number of ether oxygens (including phenoxy) is 2. The zero-order valence-corrected chi connectivity index (χ0v) is 10.7. The van der Waals surface area contributed by atoms with Crippen molar-refractivity contribution in [2.24, 2.45) is 0 Å². The van der Waals surface area contributed by atoms with E-state index in [1.165, 1.54) is 0 Å². The molecular weight excluding hydrogens is 220 g/mol. The molecule has 1 N–H and O–H groups in total. The van der Waals surface area contributed by atoms with E-state index in [-0.39, 0.29) is 5.91 Å². The molecular formula is C12H24N2O3. The Morgan fingerprint density at radius 3 is 2.76 bits per heavy atom. The first-order valence-corrected chi connectivity index (χ1v) is 6.40. The Morgan fingerprint density at radius 1 is 1.29 bits per heavy atom. The van der Waals surface area contributed by atoms with E-state index in [1.807, 2.05) is 4.90 Å². The molecule has 0 aromatic carbocycles. The Kier molecular flexibility index (Phi) is 7.96. The first-order chi connectivity index (χ1) is 8.34. The van der Waals surface area contributed by atoms with Gasteiger partial charge >= 0.3 is 0 Å². The number of nitrogens with one attached hydrogen (secondary N) is 1. The molecule has 1 heterocycles. The van der Waals surface area contributed by atoms with Crippen LogP contribution in [0.15, 0.2) is 0 Å². The topological polar surface area (TPSA) is 50.8 Å². The van der Waals surface area contributed by atoms with Gasteiger partial charge in [-0.25, -0.2) is 0 Å². The van der Waals surface area contributed by atoms with Gasteiger partial charge in [-0.3, -0.25) is 4.79 Å². The molecule has 0 radical (unpaired) electrons. The molecule has 1 aliphatic rings. The van der Waals surface area contributed by atoms with Crippen molar-refractivity contribution in [2.45, 2.75) is 19.3 Å². The summed E-state index contributed by atoms with van der Waals surface area (Å²) in [7, 11) is 1.72. The number of amides is 1. The second-order valence-corrected chi connectivity index (χ2v) is 4.19. The van der Waals surface area contributed by atoms with E-state index in [4.69, 9.17) is 9.47 Å². The minimum absolute atomic E-state index is 0.234. The molecule has 0 atom stereocenters. The SMILES string of the molecule is COCCCCNCCC(=O)N1CCOCC1. The minimum atomic E-state index is 0.234. The monoisotopic (exact) mass is 244 g/mol.